The lowest BCUT2D eigenvalue weighted by Gasteiger charge is -2.43. The van der Waals surface area contributed by atoms with Crippen molar-refractivity contribution in [2.24, 2.45) is 11.8 Å². The van der Waals surface area contributed by atoms with Crippen molar-refractivity contribution in [1.82, 2.24) is 9.80 Å². The molecule has 0 spiro atoms. The lowest BCUT2D eigenvalue weighted by atomic mass is 9.95. The Bertz CT molecular complexity index is 320. The first-order valence-electron chi connectivity index (χ1n) is 6.46. The maximum atomic E-state index is 12.0. The summed E-state index contributed by atoms with van der Waals surface area (Å²) < 4.78 is 0. The number of rotatable bonds is 3. The smallest absolute Gasteiger partial charge is 0.320 e. The highest BCUT2D eigenvalue weighted by molar-refractivity contribution is 5.76. The third kappa shape index (κ3) is 2.93. The standard InChI is InChI=1S/C12H20N2O4/c15-8-9-1-3-13(4-2-9)12(18)14-6-10(7-14)5-11(16)17/h9-10,15H,1-8H2,(H,16,17). The molecule has 2 heterocycles. The number of amides is 2. The molecule has 0 bridgehead atoms. The number of carboxylic acid groups (broad SMARTS) is 1. The van der Waals surface area contributed by atoms with Crippen LogP contribution in [0, 0.1) is 11.8 Å². The average molecular weight is 256 g/mol. The number of hydrogen-bond donors (Lipinski definition) is 2. The zero-order chi connectivity index (χ0) is 13.1. The Hall–Kier alpha value is -1.30. The Morgan fingerprint density at radius 3 is 2.17 bits per heavy atom. The van der Waals surface area contributed by atoms with Gasteiger partial charge in [-0.3, -0.25) is 4.79 Å². The maximum absolute atomic E-state index is 12.0. The molecule has 102 valence electrons. The molecule has 18 heavy (non-hydrogen) atoms. The predicted octanol–water partition coefficient (Wildman–Crippen LogP) is 0.217. The fraction of sp³-hybridized carbons (Fsp3) is 0.833. The van der Waals surface area contributed by atoms with Crippen LogP contribution in [0.25, 0.3) is 0 Å². The lowest BCUT2D eigenvalue weighted by molar-refractivity contribution is -0.139. The van der Waals surface area contributed by atoms with E-state index in [0.717, 1.165) is 12.8 Å². The molecule has 2 aliphatic heterocycles. The minimum atomic E-state index is -0.796. The molecule has 2 saturated heterocycles. The molecule has 0 unspecified atom stereocenters. The van der Waals surface area contributed by atoms with Crippen molar-refractivity contribution in [1.29, 1.82) is 0 Å². The van der Waals surface area contributed by atoms with E-state index < -0.39 is 5.97 Å². The minimum absolute atomic E-state index is 0.0213. The molecule has 0 saturated carbocycles. The summed E-state index contributed by atoms with van der Waals surface area (Å²) in [5.41, 5.74) is 0. The summed E-state index contributed by atoms with van der Waals surface area (Å²) in [5, 5.41) is 17.7. The van der Waals surface area contributed by atoms with Crippen molar-refractivity contribution in [3.8, 4) is 0 Å². The zero-order valence-electron chi connectivity index (χ0n) is 10.4. The molecular weight excluding hydrogens is 236 g/mol. The quantitative estimate of drug-likeness (QED) is 0.756. The van der Waals surface area contributed by atoms with E-state index in [0.29, 0.717) is 32.1 Å². The number of carboxylic acids is 1. The van der Waals surface area contributed by atoms with Crippen molar-refractivity contribution >= 4 is 12.0 Å². The first-order chi connectivity index (χ1) is 8.60. The number of hydrogen-bond acceptors (Lipinski definition) is 3. The Balaban J connectivity index is 1.72. The van der Waals surface area contributed by atoms with Crippen LogP contribution in [0.2, 0.25) is 0 Å². The Morgan fingerprint density at radius 1 is 1.06 bits per heavy atom. The number of aliphatic carboxylic acids is 1. The van der Waals surface area contributed by atoms with Crippen molar-refractivity contribution < 1.29 is 19.8 Å². The van der Waals surface area contributed by atoms with E-state index in [-0.39, 0.29) is 25.0 Å². The number of urea groups is 1. The van der Waals surface area contributed by atoms with Gasteiger partial charge in [-0.15, -0.1) is 0 Å². The second-order valence-corrected chi connectivity index (χ2v) is 5.26. The van der Waals surface area contributed by atoms with Gasteiger partial charge in [0.15, 0.2) is 0 Å². The number of aliphatic hydroxyl groups excluding tert-OH is 1. The van der Waals surface area contributed by atoms with E-state index in [1.165, 1.54) is 0 Å². The lowest BCUT2D eigenvalue weighted by Crippen LogP contribution is -2.56. The van der Waals surface area contributed by atoms with Crippen LogP contribution in [0.3, 0.4) is 0 Å². The van der Waals surface area contributed by atoms with Gasteiger partial charge >= 0.3 is 12.0 Å². The number of likely N-dealkylation sites (tertiary alicyclic amines) is 2. The van der Waals surface area contributed by atoms with Crippen LogP contribution in [0.5, 0.6) is 0 Å². The molecule has 6 nitrogen and oxygen atoms in total. The molecule has 2 N–H and O–H groups in total. The van der Waals surface area contributed by atoms with E-state index >= 15 is 0 Å². The number of piperidine rings is 1. The Morgan fingerprint density at radius 2 is 1.67 bits per heavy atom. The van der Waals surface area contributed by atoms with Gasteiger partial charge in [-0.25, -0.2) is 4.79 Å². The van der Waals surface area contributed by atoms with Gasteiger partial charge in [0.05, 0.1) is 6.42 Å². The number of aliphatic hydroxyl groups is 1. The number of carbonyl (C=O) groups excluding carboxylic acids is 1. The SMILES string of the molecule is O=C(O)CC1CN(C(=O)N2CCC(CO)CC2)C1. The van der Waals surface area contributed by atoms with Crippen LogP contribution in [0.4, 0.5) is 4.79 Å². The summed E-state index contributed by atoms with van der Waals surface area (Å²) >= 11 is 0. The zero-order valence-corrected chi connectivity index (χ0v) is 10.4. The van der Waals surface area contributed by atoms with Crippen molar-refractivity contribution in [3.05, 3.63) is 0 Å². The summed E-state index contributed by atoms with van der Waals surface area (Å²) in [6.07, 6.45) is 1.86. The number of carbonyl (C=O) groups is 2. The molecule has 0 aromatic heterocycles. The van der Waals surface area contributed by atoms with Gasteiger partial charge in [0, 0.05) is 38.7 Å². The summed E-state index contributed by atoms with van der Waals surface area (Å²) in [4.78, 5) is 26.1. The van der Waals surface area contributed by atoms with Crippen LogP contribution < -0.4 is 0 Å². The van der Waals surface area contributed by atoms with Gasteiger partial charge in [-0.05, 0) is 18.8 Å². The fourth-order valence-electron chi connectivity index (χ4n) is 2.61. The van der Waals surface area contributed by atoms with Gasteiger partial charge in [0.2, 0.25) is 0 Å². The normalized spacial score (nSPS) is 21.8. The van der Waals surface area contributed by atoms with Crippen molar-refractivity contribution in [2.45, 2.75) is 19.3 Å². The van der Waals surface area contributed by atoms with E-state index in [2.05, 4.69) is 0 Å². The molecule has 2 rings (SSSR count). The van der Waals surface area contributed by atoms with E-state index in [9.17, 15) is 9.59 Å². The van der Waals surface area contributed by atoms with E-state index in [4.69, 9.17) is 10.2 Å². The molecule has 2 fully saturated rings. The first-order valence-corrected chi connectivity index (χ1v) is 6.46. The van der Waals surface area contributed by atoms with E-state index in [1.54, 1.807) is 4.90 Å². The molecule has 0 aromatic rings. The van der Waals surface area contributed by atoms with Crippen LogP contribution in [-0.2, 0) is 4.79 Å². The van der Waals surface area contributed by atoms with Crippen LogP contribution in [0.15, 0.2) is 0 Å². The van der Waals surface area contributed by atoms with Crippen LogP contribution in [0.1, 0.15) is 19.3 Å². The highest BCUT2D eigenvalue weighted by Gasteiger charge is 2.35. The molecule has 0 aliphatic carbocycles. The largest absolute Gasteiger partial charge is 0.481 e. The molecule has 0 radical (unpaired) electrons. The molecular formula is C12H20N2O4. The topological polar surface area (TPSA) is 81.1 Å². The predicted molar refractivity (Wildman–Crippen MR) is 64.1 cm³/mol. The van der Waals surface area contributed by atoms with E-state index in [1.807, 2.05) is 4.90 Å². The highest BCUT2D eigenvalue weighted by Crippen LogP contribution is 2.23. The summed E-state index contributed by atoms with van der Waals surface area (Å²) in [6, 6.07) is 0.0213. The summed E-state index contributed by atoms with van der Waals surface area (Å²) in [7, 11) is 0. The third-order valence-electron chi connectivity index (χ3n) is 3.83. The van der Waals surface area contributed by atoms with Gasteiger partial charge in [-0.1, -0.05) is 0 Å². The maximum Gasteiger partial charge on any atom is 0.320 e. The molecule has 0 aromatic carbocycles. The highest BCUT2D eigenvalue weighted by atomic mass is 16.4. The average Bonchev–Trinajstić information content (AvgIpc) is 2.32. The van der Waals surface area contributed by atoms with Crippen LogP contribution >= 0.6 is 0 Å². The molecule has 6 heteroatoms. The summed E-state index contributed by atoms with van der Waals surface area (Å²) in [6.45, 7) is 2.72. The Labute approximate surface area is 106 Å². The first kappa shape index (κ1) is 13.1. The summed E-state index contributed by atoms with van der Waals surface area (Å²) in [5.74, 6) is -0.359. The van der Waals surface area contributed by atoms with Crippen molar-refractivity contribution in [3.63, 3.8) is 0 Å². The number of nitrogens with zero attached hydrogens (tertiary/aromatic N) is 2. The van der Waals surface area contributed by atoms with Gasteiger partial charge < -0.3 is 20.0 Å². The second kappa shape index (κ2) is 5.56. The minimum Gasteiger partial charge on any atom is -0.481 e. The van der Waals surface area contributed by atoms with Crippen LogP contribution in [-0.4, -0.2) is 64.8 Å². The second-order valence-electron chi connectivity index (χ2n) is 5.26. The molecule has 0 atom stereocenters. The van der Waals surface area contributed by atoms with Crippen molar-refractivity contribution in [2.75, 3.05) is 32.8 Å². The monoisotopic (exact) mass is 256 g/mol. The van der Waals surface area contributed by atoms with Gasteiger partial charge in [0.1, 0.15) is 0 Å². The Kier molecular flexibility index (Phi) is 4.06. The molecule has 2 amide bonds. The molecule has 2 aliphatic rings. The fourth-order valence-corrected chi connectivity index (χ4v) is 2.61. The van der Waals surface area contributed by atoms with Gasteiger partial charge in [0.25, 0.3) is 0 Å². The van der Waals surface area contributed by atoms with Gasteiger partial charge in [-0.2, -0.15) is 0 Å². The third-order valence-corrected chi connectivity index (χ3v) is 3.83.